The Balaban J connectivity index is 2.31. The molecular formula is C18H23N3O2. The van der Waals surface area contributed by atoms with Gasteiger partial charge in [-0.15, -0.1) is 0 Å². The molecule has 1 aliphatic rings. The molecule has 1 aromatic rings. The zero-order valence-electron chi connectivity index (χ0n) is 14.0. The zero-order valence-corrected chi connectivity index (χ0v) is 14.0. The summed E-state index contributed by atoms with van der Waals surface area (Å²) < 4.78 is 0. The topological polar surface area (TPSA) is 64.4 Å². The molecule has 2 rings (SSSR count). The number of amides is 2. The monoisotopic (exact) mass is 313 g/mol. The normalized spacial score (nSPS) is 18.5. The maximum absolute atomic E-state index is 12.7. The molecule has 1 fully saturated rings. The van der Waals surface area contributed by atoms with E-state index in [1.165, 1.54) is 0 Å². The Hall–Kier alpha value is -2.35. The van der Waals surface area contributed by atoms with Crippen molar-refractivity contribution in [3.05, 3.63) is 35.4 Å². The molecule has 1 aromatic carbocycles. The van der Waals surface area contributed by atoms with Crippen LogP contribution in [0.5, 0.6) is 0 Å². The second-order valence-electron chi connectivity index (χ2n) is 6.29. The van der Waals surface area contributed by atoms with Crippen LogP contribution in [0.1, 0.15) is 38.3 Å². The van der Waals surface area contributed by atoms with E-state index in [0.29, 0.717) is 31.0 Å². The number of piperazine rings is 1. The fourth-order valence-electron chi connectivity index (χ4n) is 2.94. The fraction of sp³-hybridized carbons (Fsp3) is 0.500. The predicted octanol–water partition coefficient (Wildman–Crippen LogP) is 2.16. The summed E-state index contributed by atoms with van der Waals surface area (Å²) in [6.07, 6.45) is 0.635. The third kappa shape index (κ3) is 3.70. The molecule has 2 amide bonds. The second-order valence-corrected chi connectivity index (χ2v) is 6.29. The van der Waals surface area contributed by atoms with E-state index in [1.54, 1.807) is 21.9 Å². The number of carbonyl (C=O) groups excluding carboxylic acids is 2. The maximum Gasteiger partial charge on any atom is 0.245 e. The molecule has 5 nitrogen and oxygen atoms in total. The summed E-state index contributed by atoms with van der Waals surface area (Å²) >= 11 is 0. The summed E-state index contributed by atoms with van der Waals surface area (Å²) in [5.74, 6) is 0.266. The minimum atomic E-state index is -0.442. The van der Waals surface area contributed by atoms with Gasteiger partial charge in [-0.05, 0) is 30.9 Å². The molecule has 1 heterocycles. The second kappa shape index (κ2) is 7.28. The molecule has 23 heavy (non-hydrogen) atoms. The van der Waals surface area contributed by atoms with Gasteiger partial charge in [-0.3, -0.25) is 9.59 Å². The molecule has 0 saturated carbocycles. The minimum Gasteiger partial charge on any atom is -0.332 e. The highest BCUT2D eigenvalue weighted by Crippen LogP contribution is 2.22. The highest BCUT2D eigenvalue weighted by Gasteiger charge is 2.38. The van der Waals surface area contributed by atoms with Gasteiger partial charge in [-0.25, -0.2) is 0 Å². The first-order chi connectivity index (χ1) is 11.0. The van der Waals surface area contributed by atoms with E-state index in [4.69, 9.17) is 0 Å². The molecule has 0 radical (unpaired) electrons. The Morgan fingerprint density at radius 2 is 2.00 bits per heavy atom. The van der Waals surface area contributed by atoms with Crippen LogP contribution in [0.3, 0.4) is 0 Å². The predicted molar refractivity (Wildman–Crippen MR) is 87.2 cm³/mol. The zero-order chi connectivity index (χ0) is 17.0. The van der Waals surface area contributed by atoms with Gasteiger partial charge in [0.05, 0.1) is 18.2 Å². The molecule has 5 heteroatoms. The Morgan fingerprint density at radius 1 is 1.30 bits per heavy atom. The molecule has 1 aliphatic heterocycles. The van der Waals surface area contributed by atoms with E-state index in [0.717, 1.165) is 5.56 Å². The number of nitriles is 1. The van der Waals surface area contributed by atoms with Crippen LogP contribution in [0.2, 0.25) is 0 Å². The Labute approximate surface area is 137 Å². The van der Waals surface area contributed by atoms with E-state index in [2.05, 4.69) is 6.07 Å². The number of likely N-dealkylation sites (N-methyl/N-ethyl adjacent to an activating group) is 1. The van der Waals surface area contributed by atoms with Crippen molar-refractivity contribution in [3.8, 4) is 6.07 Å². The van der Waals surface area contributed by atoms with Gasteiger partial charge < -0.3 is 9.80 Å². The van der Waals surface area contributed by atoms with E-state index >= 15 is 0 Å². The molecule has 0 unspecified atom stereocenters. The largest absolute Gasteiger partial charge is 0.332 e. The standard InChI is InChI=1S/C18H23N3O2/c1-4-20-12-17(22)21(16(18(20)23)9-13(2)3)11-15-8-6-5-7-14(15)10-19/h5-8,13,16H,4,9,11-12H2,1-3H3/t16-/m0/s1. The number of nitrogens with zero attached hydrogens (tertiary/aromatic N) is 3. The van der Waals surface area contributed by atoms with E-state index in [9.17, 15) is 14.9 Å². The molecular weight excluding hydrogens is 290 g/mol. The van der Waals surface area contributed by atoms with Crippen LogP contribution in [0.25, 0.3) is 0 Å². The van der Waals surface area contributed by atoms with Gasteiger partial charge in [0.15, 0.2) is 0 Å². The van der Waals surface area contributed by atoms with E-state index < -0.39 is 6.04 Å². The number of hydrogen-bond acceptors (Lipinski definition) is 3. The van der Waals surface area contributed by atoms with E-state index in [1.807, 2.05) is 32.9 Å². The van der Waals surface area contributed by atoms with E-state index in [-0.39, 0.29) is 18.4 Å². The van der Waals surface area contributed by atoms with Crippen LogP contribution in [0.15, 0.2) is 24.3 Å². The van der Waals surface area contributed by atoms with Gasteiger partial charge in [-0.1, -0.05) is 32.0 Å². The molecule has 0 aliphatic carbocycles. The summed E-state index contributed by atoms with van der Waals surface area (Å²) in [4.78, 5) is 28.5. The molecule has 1 atom stereocenters. The average Bonchev–Trinajstić information content (AvgIpc) is 2.53. The van der Waals surface area contributed by atoms with Crippen LogP contribution in [0, 0.1) is 17.2 Å². The van der Waals surface area contributed by atoms with Crippen LogP contribution in [-0.4, -0.2) is 40.7 Å². The first kappa shape index (κ1) is 17.0. The molecule has 0 bridgehead atoms. The smallest absolute Gasteiger partial charge is 0.245 e. The summed E-state index contributed by atoms with van der Waals surface area (Å²) in [6.45, 7) is 6.95. The van der Waals surface area contributed by atoms with Crippen LogP contribution in [0.4, 0.5) is 0 Å². The molecule has 0 N–H and O–H groups in total. The summed E-state index contributed by atoms with van der Waals surface area (Å²) in [5.41, 5.74) is 1.34. The van der Waals surface area contributed by atoms with Gasteiger partial charge >= 0.3 is 0 Å². The first-order valence-corrected chi connectivity index (χ1v) is 8.04. The minimum absolute atomic E-state index is 0.00948. The van der Waals surface area contributed by atoms with Gasteiger partial charge in [0.25, 0.3) is 0 Å². The molecule has 0 spiro atoms. The molecule has 0 aromatic heterocycles. The lowest BCUT2D eigenvalue weighted by Gasteiger charge is -2.40. The van der Waals surface area contributed by atoms with Crippen molar-refractivity contribution >= 4 is 11.8 Å². The first-order valence-electron chi connectivity index (χ1n) is 8.04. The SMILES string of the molecule is CCN1CC(=O)N(Cc2ccccc2C#N)[C@@H](CC(C)C)C1=O. The van der Waals surface area contributed by atoms with Crippen molar-refractivity contribution < 1.29 is 9.59 Å². The highest BCUT2D eigenvalue weighted by atomic mass is 16.2. The lowest BCUT2D eigenvalue weighted by molar-refractivity contribution is -0.157. The maximum atomic E-state index is 12.7. The van der Waals surface area contributed by atoms with Crippen molar-refractivity contribution in [2.24, 2.45) is 5.92 Å². The van der Waals surface area contributed by atoms with Crippen molar-refractivity contribution in [1.29, 1.82) is 5.26 Å². The van der Waals surface area contributed by atoms with Gasteiger partial charge in [0.2, 0.25) is 11.8 Å². The van der Waals surface area contributed by atoms with Gasteiger partial charge in [-0.2, -0.15) is 5.26 Å². The third-order valence-electron chi connectivity index (χ3n) is 4.17. The lowest BCUT2D eigenvalue weighted by Crippen LogP contribution is -2.59. The lowest BCUT2D eigenvalue weighted by atomic mass is 9.97. The summed E-state index contributed by atoms with van der Waals surface area (Å²) in [6, 6.07) is 8.94. The van der Waals surface area contributed by atoms with Crippen LogP contribution < -0.4 is 0 Å². The average molecular weight is 313 g/mol. The van der Waals surface area contributed by atoms with Crippen LogP contribution >= 0.6 is 0 Å². The number of hydrogen-bond donors (Lipinski definition) is 0. The Kier molecular flexibility index (Phi) is 5.38. The van der Waals surface area contributed by atoms with Crippen LogP contribution in [-0.2, 0) is 16.1 Å². The third-order valence-corrected chi connectivity index (χ3v) is 4.17. The van der Waals surface area contributed by atoms with Crippen molar-refractivity contribution in [3.63, 3.8) is 0 Å². The summed E-state index contributed by atoms with van der Waals surface area (Å²) in [7, 11) is 0. The Bertz CT molecular complexity index is 633. The van der Waals surface area contributed by atoms with Gasteiger partial charge in [0.1, 0.15) is 6.04 Å². The number of carbonyl (C=O) groups is 2. The highest BCUT2D eigenvalue weighted by molar-refractivity contribution is 5.94. The quantitative estimate of drug-likeness (QED) is 0.837. The van der Waals surface area contributed by atoms with Crippen molar-refractivity contribution in [2.75, 3.05) is 13.1 Å². The Morgan fingerprint density at radius 3 is 2.61 bits per heavy atom. The number of rotatable bonds is 5. The molecule has 122 valence electrons. The fourth-order valence-corrected chi connectivity index (χ4v) is 2.94. The van der Waals surface area contributed by atoms with Gasteiger partial charge in [0, 0.05) is 13.1 Å². The number of benzene rings is 1. The molecule has 1 saturated heterocycles. The summed E-state index contributed by atoms with van der Waals surface area (Å²) in [5, 5.41) is 9.23. The van der Waals surface area contributed by atoms with Crippen molar-refractivity contribution in [1.82, 2.24) is 9.80 Å². The van der Waals surface area contributed by atoms with Crippen molar-refractivity contribution in [2.45, 2.75) is 39.8 Å².